The second-order valence-electron chi connectivity index (χ2n) is 12.3. The monoisotopic (exact) mass is 628 g/mol. The third kappa shape index (κ3) is 4.96. The number of nitrogens with zero attached hydrogens (tertiary/aromatic N) is 1. The van der Waals surface area contributed by atoms with Crippen LogP contribution in [0.5, 0.6) is 5.75 Å². The molecule has 6 nitrogen and oxygen atoms in total. The Hall–Kier alpha value is -3.78. The van der Waals surface area contributed by atoms with Crippen molar-refractivity contribution >= 4 is 45.5 Å². The van der Waals surface area contributed by atoms with Gasteiger partial charge < -0.3 is 4.74 Å². The predicted octanol–water partition coefficient (Wildman–Crippen LogP) is 7.30. The van der Waals surface area contributed by atoms with E-state index in [9.17, 15) is 18.8 Å². The van der Waals surface area contributed by atoms with E-state index in [2.05, 4.69) is 33.4 Å². The summed E-state index contributed by atoms with van der Waals surface area (Å²) >= 11 is 3.49. The maximum absolute atomic E-state index is 13.5. The highest BCUT2D eigenvalue weighted by Gasteiger charge is 2.51. The van der Waals surface area contributed by atoms with Crippen LogP contribution >= 0.6 is 15.9 Å². The minimum absolute atomic E-state index is 0.133. The van der Waals surface area contributed by atoms with E-state index in [1.165, 1.54) is 62.3 Å². The Kier molecular flexibility index (Phi) is 6.76. The number of hydrogen-bond donors (Lipinski definition) is 1. The van der Waals surface area contributed by atoms with Gasteiger partial charge in [0.1, 0.15) is 23.7 Å². The summed E-state index contributed by atoms with van der Waals surface area (Å²) in [6.45, 7) is 0.249. The van der Waals surface area contributed by atoms with Gasteiger partial charge in [0.25, 0.3) is 11.8 Å². The molecule has 4 bridgehead atoms. The second kappa shape index (κ2) is 10.5. The van der Waals surface area contributed by atoms with Crippen LogP contribution in [0.1, 0.15) is 55.2 Å². The fourth-order valence-corrected chi connectivity index (χ4v) is 8.46. The van der Waals surface area contributed by atoms with E-state index in [4.69, 9.17) is 4.74 Å². The molecular formula is C34H30BrFN2O4. The van der Waals surface area contributed by atoms with Crippen molar-refractivity contribution in [1.82, 2.24) is 5.32 Å². The van der Waals surface area contributed by atoms with Crippen LogP contribution in [-0.2, 0) is 21.6 Å². The maximum Gasteiger partial charge on any atom is 0.335 e. The first kappa shape index (κ1) is 27.1. The molecule has 0 aromatic heterocycles. The fourth-order valence-electron chi connectivity index (χ4n) is 7.95. The molecule has 8 rings (SSSR count). The first-order chi connectivity index (χ1) is 20.3. The van der Waals surface area contributed by atoms with Crippen LogP contribution in [0.15, 0.2) is 76.8 Å². The first-order valence-corrected chi connectivity index (χ1v) is 15.2. The second-order valence-corrected chi connectivity index (χ2v) is 13.2. The quantitative estimate of drug-likeness (QED) is 0.229. The molecule has 8 heteroatoms. The van der Waals surface area contributed by atoms with E-state index in [0.717, 1.165) is 28.2 Å². The van der Waals surface area contributed by atoms with Crippen molar-refractivity contribution < 1.29 is 23.5 Å². The van der Waals surface area contributed by atoms with Crippen LogP contribution in [-0.4, -0.2) is 17.8 Å². The molecule has 3 aromatic carbocycles. The zero-order chi connectivity index (χ0) is 29.0. The van der Waals surface area contributed by atoms with Crippen molar-refractivity contribution in [1.29, 1.82) is 0 Å². The van der Waals surface area contributed by atoms with Gasteiger partial charge in [-0.1, -0.05) is 30.3 Å². The third-order valence-corrected chi connectivity index (χ3v) is 10.1. The zero-order valence-electron chi connectivity index (χ0n) is 22.9. The molecular weight excluding hydrogens is 599 g/mol. The average Bonchev–Trinajstić information content (AvgIpc) is 2.95. The number of nitrogens with one attached hydrogen (secondary N) is 1. The topological polar surface area (TPSA) is 75.7 Å². The summed E-state index contributed by atoms with van der Waals surface area (Å²) in [6.07, 6.45) is 9.26. The highest BCUT2D eigenvalue weighted by atomic mass is 79.9. The maximum atomic E-state index is 13.5. The Morgan fingerprint density at radius 2 is 1.55 bits per heavy atom. The van der Waals surface area contributed by atoms with Gasteiger partial charge in [-0.25, -0.2) is 14.1 Å². The minimum Gasteiger partial charge on any atom is -0.488 e. The Labute approximate surface area is 252 Å². The molecule has 4 amide bonds. The van der Waals surface area contributed by atoms with E-state index < -0.39 is 17.8 Å². The molecule has 0 unspecified atom stereocenters. The number of urea groups is 1. The SMILES string of the molecule is O=C1NC(=O)N(c2ccc(C34CC5CC(CC(C5)C3)C4)cc2)C(=O)/C1=C/c1ccc(OCc2ccc(F)cc2)c(Br)c1. The summed E-state index contributed by atoms with van der Waals surface area (Å²) < 4.78 is 19.6. The molecule has 1 N–H and O–H groups in total. The number of imide groups is 2. The number of benzene rings is 3. The predicted molar refractivity (Wildman–Crippen MR) is 160 cm³/mol. The molecule has 0 atom stereocenters. The molecule has 0 radical (unpaired) electrons. The van der Waals surface area contributed by atoms with Crippen LogP contribution in [0.4, 0.5) is 14.9 Å². The number of rotatable bonds is 6. The first-order valence-electron chi connectivity index (χ1n) is 14.5. The largest absolute Gasteiger partial charge is 0.488 e. The summed E-state index contributed by atoms with van der Waals surface area (Å²) in [4.78, 5) is 40.1. The molecule has 5 fully saturated rings. The molecule has 1 saturated heterocycles. The lowest BCUT2D eigenvalue weighted by atomic mass is 9.48. The van der Waals surface area contributed by atoms with Crippen molar-refractivity contribution in [2.24, 2.45) is 17.8 Å². The number of barbiturate groups is 1. The third-order valence-electron chi connectivity index (χ3n) is 9.45. The summed E-state index contributed by atoms with van der Waals surface area (Å²) in [5.74, 6) is 1.29. The van der Waals surface area contributed by atoms with Crippen molar-refractivity contribution in [3.63, 3.8) is 0 Å². The minimum atomic E-state index is -0.754. The van der Waals surface area contributed by atoms with Crippen LogP contribution < -0.4 is 15.0 Å². The van der Waals surface area contributed by atoms with Crippen LogP contribution in [0.2, 0.25) is 0 Å². The van der Waals surface area contributed by atoms with Gasteiger partial charge in [0.2, 0.25) is 0 Å². The van der Waals surface area contributed by atoms with E-state index >= 15 is 0 Å². The average molecular weight is 630 g/mol. The van der Waals surface area contributed by atoms with Gasteiger partial charge >= 0.3 is 6.03 Å². The number of carbonyl (C=O) groups excluding carboxylic acids is 3. The number of ether oxygens (including phenoxy) is 1. The smallest absolute Gasteiger partial charge is 0.335 e. The Balaban J connectivity index is 1.09. The van der Waals surface area contributed by atoms with Gasteiger partial charge in [-0.05, 0) is 137 Å². The normalized spacial score (nSPS) is 27.5. The highest BCUT2D eigenvalue weighted by Crippen LogP contribution is 2.60. The van der Waals surface area contributed by atoms with Crippen molar-refractivity contribution in [2.75, 3.05) is 4.90 Å². The van der Waals surface area contributed by atoms with E-state index in [0.29, 0.717) is 21.5 Å². The number of halogens is 2. The molecule has 4 saturated carbocycles. The number of carbonyl (C=O) groups is 3. The van der Waals surface area contributed by atoms with Gasteiger partial charge in [0.15, 0.2) is 0 Å². The summed E-state index contributed by atoms with van der Waals surface area (Å²) in [7, 11) is 0. The summed E-state index contributed by atoms with van der Waals surface area (Å²) in [5.41, 5.74) is 3.22. The Bertz CT molecular complexity index is 1580. The molecule has 3 aromatic rings. The molecule has 42 heavy (non-hydrogen) atoms. The molecule has 1 aliphatic heterocycles. The van der Waals surface area contributed by atoms with Gasteiger partial charge in [0.05, 0.1) is 10.2 Å². The van der Waals surface area contributed by atoms with Gasteiger partial charge in [-0.2, -0.15) is 0 Å². The molecule has 4 aliphatic carbocycles. The molecule has 0 spiro atoms. The Morgan fingerprint density at radius 3 is 2.17 bits per heavy atom. The number of anilines is 1. The lowest BCUT2D eigenvalue weighted by molar-refractivity contribution is -0.122. The van der Waals surface area contributed by atoms with Crippen molar-refractivity contribution in [3.05, 3.63) is 99.3 Å². The van der Waals surface area contributed by atoms with E-state index in [-0.39, 0.29) is 23.4 Å². The molecule has 5 aliphatic rings. The van der Waals surface area contributed by atoms with Gasteiger partial charge in [-0.3, -0.25) is 14.9 Å². The molecule has 1 heterocycles. The summed E-state index contributed by atoms with van der Waals surface area (Å²) in [5, 5.41) is 2.32. The fraction of sp³-hybridized carbons (Fsp3) is 0.324. The van der Waals surface area contributed by atoms with Crippen molar-refractivity contribution in [3.8, 4) is 5.75 Å². The zero-order valence-corrected chi connectivity index (χ0v) is 24.5. The standard InChI is InChI=1S/C34H30BrFN2O4/c35-29-15-21(3-10-30(29)42-19-20-1-6-26(36)7-2-20)14-28-31(39)37-33(41)38(32(28)40)27-8-4-25(5-9-27)34-16-22-11-23(17-34)13-24(12-22)18-34/h1-10,14-15,22-24H,11-13,16-19H2,(H,37,39,41)/b28-14+. The number of amides is 4. The highest BCUT2D eigenvalue weighted by molar-refractivity contribution is 9.10. The van der Waals surface area contributed by atoms with Crippen LogP contribution in [0, 0.1) is 23.6 Å². The van der Waals surface area contributed by atoms with Gasteiger partial charge in [-0.15, -0.1) is 0 Å². The summed E-state index contributed by atoms with van der Waals surface area (Å²) in [6, 6.07) is 18.3. The lowest BCUT2D eigenvalue weighted by Crippen LogP contribution is -2.54. The van der Waals surface area contributed by atoms with Crippen LogP contribution in [0.25, 0.3) is 6.08 Å². The van der Waals surface area contributed by atoms with Crippen molar-refractivity contribution in [2.45, 2.75) is 50.5 Å². The van der Waals surface area contributed by atoms with Gasteiger partial charge in [0, 0.05) is 0 Å². The van der Waals surface area contributed by atoms with E-state index in [1.54, 1.807) is 30.3 Å². The number of hydrogen-bond acceptors (Lipinski definition) is 4. The van der Waals surface area contributed by atoms with Crippen LogP contribution in [0.3, 0.4) is 0 Å². The molecule has 214 valence electrons. The Morgan fingerprint density at radius 1 is 0.905 bits per heavy atom. The lowest BCUT2D eigenvalue weighted by Gasteiger charge is -2.57. The van der Waals surface area contributed by atoms with E-state index in [1.807, 2.05) is 12.1 Å².